The van der Waals surface area contributed by atoms with Gasteiger partial charge in [0.05, 0.1) is 5.51 Å². The lowest BCUT2D eigenvalue weighted by Crippen LogP contribution is -2.16. The average Bonchev–Trinajstić information content (AvgIpc) is 2.32. The maximum atomic E-state index is 4.09. The van der Waals surface area contributed by atoms with Crippen molar-refractivity contribution in [2.24, 2.45) is 0 Å². The Hall–Kier alpha value is -0.593. The molecule has 0 atom stereocenters. The van der Waals surface area contributed by atoms with E-state index in [1.165, 1.54) is 0 Å². The van der Waals surface area contributed by atoms with Gasteiger partial charge in [0, 0.05) is 5.38 Å². The smallest absolute Gasteiger partial charge is 0.129 e. The van der Waals surface area contributed by atoms with Crippen molar-refractivity contribution in [1.82, 2.24) is 4.98 Å². The molecule has 0 saturated heterocycles. The molecule has 1 aromatic rings. The molecule has 0 aliphatic carbocycles. The molecular formula is C8H11NSSi. The molecule has 0 spiro atoms. The molecule has 3 heteroatoms. The van der Waals surface area contributed by atoms with Crippen molar-refractivity contribution in [1.29, 1.82) is 0 Å². The zero-order valence-corrected chi connectivity index (χ0v) is 8.83. The van der Waals surface area contributed by atoms with E-state index >= 15 is 0 Å². The highest BCUT2D eigenvalue weighted by Crippen LogP contribution is 2.01. The zero-order chi connectivity index (χ0) is 8.32. The molecule has 1 heterocycles. The monoisotopic (exact) mass is 181 g/mol. The minimum atomic E-state index is -1.21. The Morgan fingerprint density at radius 3 is 2.64 bits per heavy atom. The Morgan fingerprint density at radius 1 is 1.45 bits per heavy atom. The molecule has 1 nitrogen and oxygen atoms in total. The van der Waals surface area contributed by atoms with E-state index in [1.807, 2.05) is 10.9 Å². The van der Waals surface area contributed by atoms with Crippen molar-refractivity contribution < 1.29 is 0 Å². The first kappa shape index (κ1) is 8.50. The second-order valence-corrected chi connectivity index (χ2v) is 8.84. The van der Waals surface area contributed by atoms with E-state index in [9.17, 15) is 0 Å². The minimum Gasteiger partial charge on any atom is -0.236 e. The standard InChI is InChI=1S/C8H11NSSi/c1-11(2,3)5-4-8-6-10-7-9-8/h6-7H,1-3H3. The topological polar surface area (TPSA) is 12.9 Å². The fraction of sp³-hybridized carbons (Fsp3) is 0.375. The van der Waals surface area contributed by atoms with E-state index in [2.05, 4.69) is 36.1 Å². The van der Waals surface area contributed by atoms with Crippen LogP contribution in [0.25, 0.3) is 0 Å². The molecule has 0 aromatic carbocycles. The van der Waals surface area contributed by atoms with Crippen LogP contribution >= 0.6 is 11.3 Å². The van der Waals surface area contributed by atoms with E-state index in [4.69, 9.17) is 0 Å². The molecule has 11 heavy (non-hydrogen) atoms. The Kier molecular flexibility index (Phi) is 2.48. The van der Waals surface area contributed by atoms with E-state index in [-0.39, 0.29) is 0 Å². The van der Waals surface area contributed by atoms with Crippen molar-refractivity contribution >= 4 is 19.4 Å². The number of aromatic nitrogens is 1. The third-order valence-electron chi connectivity index (χ3n) is 0.998. The van der Waals surface area contributed by atoms with Gasteiger partial charge in [-0.05, 0) is 0 Å². The van der Waals surface area contributed by atoms with Crippen LogP contribution in [0.4, 0.5) is 0 Å². The average molecular weight is 181 g/mol. The Morgan fingerprint density at radius 2 is 2.18 bits per heavy atom. The third kappa shape index (κ3) is 3.35. The first-order valence-corrected chi connectivity index (χ1v) is 7.93. The summed E-state index contributed by atoms with van der Waals surface area (Å²) in [4.78, 5) is 4.09. The van der Waals surface area contributed by atoms with Gasteiger partial charge in [-0.25, -0.2) is 4.98 Å². The molecule has 0 saturated carbocycles. The van der Waals surface area contributed by atoms with Crippen LogP contribution < -0.4 is 0 Å². The molecule has 0 unspecified atom stereocenters. The predicted molar refractivity (Wildman–Crippen MR) is 52.3 cm³/mol. The first-order chi connectivity index (χ1) is 5.08. The highest BCUT2D eigenvalue weighted by atomic mass is 32.1. The van der Waals surface area contributed by atoms with Crippen molar-refractivity contribution in [3.63, 3.8) is 0 Å². The second kappa shape index (κ2) is 3.20. The molecule has 0 aliphatic heterocycles. The summed E-state index contributed by atoms with van der Waals surface area (Å²) in [6, 6.07) is 0. The lowest BCUT2D eigenvalue weighted by atomic mass is 10.5. The number of nitrogens with zero attached hydrogens (tertiary/aromatic N) is 1. The molecular weight excluding hydrogens is 170 g/mol. The van der Waals surface area contributed by atoms with Crippen LogP contribution in [0, 0.1) is 11.5 Å². The molecule has 0 N–H and O–H groups in total. The lowest BCUT2D eigenvalue weighted by molar-refractivity contribution is 1.38. The van der Waals surface area contributed by atoms with Crippen LogP contribution in [0.2, 0.25) is 19.6 Å². The summed E-state index contributed by atoms with van der Waals surface area (Å²) in [5.74, 6) is 3.08. The predicted octanol–water partition coefficient (Wildman–Crippen LogP) is 2.37. The molecule has 0 amide bonds. The van der Waals surface area contributed by atoms with Gasteiger partial charge in [0.25, 0.3) is 0 Å². The summed E-state index contributed by atoms with van der Waals surface area (Å²) >= 11 is 1.59. The van der Waals surface area contributed by atoms with Crippen LogP contribution in [0.5, 0.6) is 0 Å². The SMILES string of the molecule is C[Si](C)(C)C#Cc1cscn1. The van der Waals surface area contributed by atoms with Crippen LogP contribution in [0.15, 0.2) is 10.9 Å². The van der Waals surface area contributed by atoms with Gasteiger partial charge < -0.3 is 0 Å². The second-order valence-electron chi connectivity index (χ2n) is 3.37. The van der Waals surface area contributed by atoms with Gasteiger partial charge in [-0.15, -0.1) is 16.9 Å². The van der Waals surface area contributed by atoms with E-state index in [0.29, 0.717) is 0 Å². The van der Waals surface area contributed by atoms with Gasteiger partial charge in [-0.2, -0.15) is 0 Å². The molecule has 0 radical (unpaired) electrons. The summed E-state index contributed by atoms with van der Waals surface area (Å²) in [6.45, 7) is 6.69. The Bertz CT molecular complexity index is 273. The van der Waals surface area contributed by atoms with E-state index < -0.39 is 8.07 Å². The maximum absolute atomic E-state index is 4.09. The van der Waals surface area contributed by atoms with Crippen molar-refractivity contribution in [2.45, 2.75) is 19.6 Å². The number of hydrogen-bond acceptors (Lipinski definition) is 2. The van der Waals surface area contributed by atoms with Gasteiger partial charge in [-0.1, -0.05) is 25.6 Å². The van der Waals surface area contributed by atoms with E-state index in [1.54, 1.807) is 11.3 Å². The highest BCUT2D eigenvalue weighted by molar-refractivity contribution is 7.07. The fourth-order valence-electron chi connectivity index (χ4n) is 0.526. The quantitative estimate of drug-likeness (QED) is 0.442. The van der Waals surface area contributed by atoms with Crippen molar-refractivity contribution in [2.75, 3.05) is 0 Å². The van der Waals surface area contributed by atoms with Gasteiger partial charge >= 0.3 is 0 Å². The van der Waals surface area contributed by atoms with E-state index in [0.717, 1.165) is 5.69 Å². The van der Waals surface area contributed by atoms with Crippen molar-refractivity contribution in [3.8, 4) is 11.5 Å². The third-order valence-corrected chi connectivity index (χ3v) is 2.46. The summed E-state index contributed by atoms with van der Waals surface area (Å²) in [6.07, 6.45) is 0. The summed E-state index contributed by atoms with van der Waals surface area (Å²) in [5, 5.41) is 1.98. The van der Waals surface area contributed by atoms with Gasteiger partial charge in [-0.3, -0.25) is 0 Å². The van der Waals surface area contributed by atoms with Crippen molar-refractivity contribution in [3.05, 3.63) is 16.6 Å². The number of rotatable bonds is 0. The van der Waals surface area contributed by atoms with Crippen LogP contribution in [-0.2, 0) is 0 Å². The molecule has 0 aliphatic rings. The first-order valence-electron chi connectivity index (χ1n) is 3.49. The largest absolute Gasteiger partial charge is 0.236 e. The maximum Gasteiger partial charge on any atom is 0.129 e. The Balaban J connectivity index is 2.74. The Labute approximate surface area is 72.5 Å². The van der Waals surface area contributed by atoms with Crippen LogP contribution in [-0.4, -0.2) is 13.1 Å². The summed E-state index contributed by atoms with van der Waals surface area (Å²) in [5.41, 5.74) is 5.99. The van der Waals surface area contributed by atoms with Gasteiger partial charge in [0.2, 0.25) is 0 Å². The van der Waals surface area contributed by atoms with Crippen LogP contribution in [0.3, 0.4) is 0 Å². The molecule has 0 fully saturated rings. The van der Waals surface area contributed by atoms with Crippen LogP contribution in [0.1, 0.15) is 5.69 Å². The molecule has 0 bridgehead atoms. The fourth-order valence-corrected chi connectivity index (χ4v) is 1.51. The normalized spacial score (nSPS) is 10.5. The lowest BCUT2D eigenvalue weighted by Gasteiger charge is -2.02. The molecule has 1 rings (SSSR count). The minimum absolute atomic E-state index is 0.914. The summed E-state index contributed by atoms with van der Waals surface area (Å²) < 4.78 is 0. The number of thiazole rings is 1. The zero-order valence-electron chi connectivity index (χ0n) is 7.01. The van der Waals surface area contributed by atoms with Gasteiger partial charge in [0.1, 0.15) is 13.8 Å². The molecule has 58 valence electrons. The summed E-state index contributed by atoms with van der Waals surface area (Å²) in [7, 11) is -1.21. The molecule has 1 aromatic heterocycles. The number of hydrogen-bond donors (Lipinski definition) is 0. The van der Waals surface area contributed by atoms with Gasteiger partial charge in [0.15, 0.2) is 0 Å². The highest BCUT2D eigenvalue weighted by Gasteiger charge is 2.07.